The summed E-state index contributed by atoms with van der Waals surface area (Å²) in [5.41, 5.74) is 0. The van der Waals surface area contributed by atoms with E-state index in [2.05, 4.69) is 5.32 Å². The molecule has 5 nitrogen and oxygen atoms in total. The van der Waals surface area contributed by atoms with E-state index >= 15 is 0 Å². The molecule has 2 amide bonds. The van der Waals surface area contributed by atoms with Crippen LogP contribution in [0, 0.1) is 5.92 Å². The second kappa shape index (κ2) is 4.05. The van der Waals surface area contributed by atoms with Gasteiger partial charge in [-0.25, -0.2) is 0 Å². The molecular weight excluding hydrogens is 208 g/mol. The topological polar surface area (TPSA) is 69.6 Å². The number of aliphatic hydroxyl groups is 1. The van der Waals surface area contributed by atoms with Crippen LogP contribution in [-0.2, 0) is 9.59 Å². The minimum absolute atomic E-state index is 0.0458. The highest BCUT2D eigenvalue weighted by Crippen LogP contribution is 2.25. The van der Waals surface area contributed by atoms with Gasteiger partial charge in [-0.3, -0.25) is 9.59 Å². The number of carbonyl (C=O) groups excluding carboxylic acids is 2. The number of hydrogen-bond acceptors (Lipinski definition) is 3. The van der Waals surface area contributed by atoms with Crippen molar-refractivity contribution in [3.8, 4) is 0 Å². The first-order chi connectivity index (χ1) is 7.54. The highest BCUT2D eigenvalue weighted by Gasteiger charge is 2.46. The van der Waals surface area contributed by atoms with Gasteiger partial charge in [0.15, 0.2) is 0 Å². The van der Waals surface area contributed by atoms with Crippen LogP contribution in [0.5, 0.6) is 0 Å². The molecule has 5 heteroatoms. The number of amides is 2. The van der Waals surface area contributed by atoms with Gasteiger partial charge >= 0.3 is 0 Å². The summed E-state index contributed by atoms with van der Waals surface area (Å²) in [4.78, 5) is 25.4. The predicted octanol–water partition coefficient (Wildman–Crippen LogP) is -0.507. The van der Waals surface area contributed by atoms with Gasteiger partial charge in [0.05, 0.1) is 6.10 Å². The number of aliphatic hydroxyl groups excluding tert-OH is 1. The molecule has 16 heavy (non-hydrogen) atoms. The maximum atomic E-state index is 12.1. The fourth-order valence-corrected chi connectivity index (χ4v) is 2.42. The lowest BCUT2D eigenvalue weighted by atomic mass is 9.95. The van der Waals surface area contributed by atoms with Crippen molar-refractivity contribution in [2.75, 3.05) is 6.54 Å². The van der Waals surface area contributed by atoms with Crippen LogP contribution in [0.15, 0.2) is 0 Å². The van der Waals surface area contributed by atoms with Crippen LogP contribution in [0.3, 0.4) is 0 Å². The van der Waals surface area contributed by atoms with E-state index in [1.54, 1.807) is 0 Å². The number of nitrogens with one attached hydrogen (secondary N) is 1. The van der Waals surface area contributed by atoms with E-state index in [4.69, 9.17) is 0 Å². The molecule has 2 aliphatic rings. The van der Waals surface area contributed by atoms with Gasteiger partial charge in [-0.2, -0.15) is 0 Å². The summed E-state index contributed by atoms with van der Waals surface area (Å²) in [5.74, 6) is -0.0351. The molecule has 2 aliphatic heterocycles. The molecule has 0 aliphatic carbocycles. The monoisotopic (exact) mass is 226 g/mol. The van der Waals surface area contributed by atoms with E-state index < -0.39 is 18.2 Å². The van der Waals surface area contributed by atoms with E-state index in [1.165, 1.54) is 4.90 Å². The lowest BCUT2D eigenvalue weighted by Crippen LogP contribution is -2.62. The Labute approximate surface area is 94.8 Å². The molecule has 1 unspecified atom stereocenters. The highest BCUT2D eigenvalue weighted by atomic mass is 16.3. The van der Waals surface area contributed by atoms with Gasteiger partial charge in [-0.05, 0) is 5.92 Å². The summed E-state index contributed by atoms with van der Waals surface area (Å²) in [5, 5.41) is 12.3. The zero-order valence-electron chi connectivity index (χ0n) is 9.64. The molecule has 0 aromatic heterocycles. The first-order valence-electron chi connectivity index (χ1n) is 5.83. The smallest absolute Gasteiger partial charge is 0.246 e. The number of piperazine rings is 1. The van der Waals surface area contributed by atoms with Gasteiger partial charge in [0.2, 0.25) is 11.8 Å². The predicted molar refractivity (Wildman–Crippen MR) is 57.5 cm³/mol. The van der Waals surface area contributed by atoms with Crippen LogP contribution in [-0.4, -0.2) is 46.6 Å². The Kier molecular flexibility index (Phi) is 2.88. The SMILES string of the molecule is CCC(C)[C@@H]1NC(=O)[C@@H]2C[C@@H](O)CN2C1=O. The molecule has 4 atom stereocenters. The minimum atomic E-state index is -0.560. The molecule has 0 aromatic rings. The largest absolute Gasteiger partial charge is 0.391 e. The van der Waals surface area contributed by atoms with Gasteiger partial charge in [-0.15, -0.1) is 0 Å². The fourth-order valence-electron chi connectivity index (χ4n) is 2.42. The van der Waals surface area contributed by atoms with Crippen LogP contribution in [0.2, 0.25) is 0 Å². The van der Waals surface area contributed by atoms with E-state index in [0.717, 1.165) is 6.42 Å². The summed E-state index contributed by atoms with van der Waals surface area (Å²) in [6, 6.07) is -0.873. The molecule has 0 spiro atoms. The lowest BCUT2D eigenvalue weighted by molar-refractivity contribution is -0.148. The number of nitrogens with zero attached hydrogens (tertiary/aromatic N) is 1. The quantitative estimate of drug-likeness (QED) is 0.666. The summed E-state index contributed by atoms with van der Waals surface area (Å²) < 4.78 is 0. The Bertz CT molecular complexity index is 314. The summed E-state index contributed by atoms with van der Waals surface area (Å²) in [7, 11) is 0. The van der Waals surface area contributed by atoms with Crippen molar-refractivity contribution >= 4 is 11.8 Å². The number of carbonyl (C=O) groups is 2. The highest BCUT2D eigenvalue weighted by molar-refractivity contribution is 5.97. The molecule has 0 saturated carbocycles. The van der Waals surface area contributed by atoms with Gasteiger partial charge < -0.3 is 15.3 Å². The Morgan fingerprint density at radius 1 is 1.56 bits per heavy atom. The van der Waals surface area contributed by atoms with Crippen molar-refractivity contribution in [1.82, 2.24) is 10.2 Å². The Morgan fingerprint density at radius 2 is 2.25 bits per heavy atom. The average Bonchev–Trinajstić information content (AvgIpc) is 2.65. The summed E-state index contributed by atoms with van der Waals surface area (Å²) >= 11 is 0. The molecule has 2 rings (SSSR count). The van der Waals surface area contributed by atoms with Crippen LogP contribution in [0.1, 0.15) is 26.7 Å². The molecular formula is C11H18N2O3. The van der Waals surface area contributed by atoms with E-state index in [9.17, 15) is 14.7 Å². The Hall–Kier alpha value is -1.10. The van der Waals surface area contributed by atoms with Crippen LogP contribution >= 0.6 is 0 Å². The third kappa shape index (κ3) is 1.69. The fraction of sp³-hybridized carbons (Fsp3) is 0.818. The number of fused-ring (bicyclic) bond motifs is 1. The minimum Gasteiger partial charge on any atom is -0.391 e. The van der Waals surface area contributed by atoms with Gasteiger partial charge in [-0.1, -0.05) is 20.3 Å². The first-order valence-corrected chi connectivity index (χ1v) is 5.83. The van der Waals surface area contributed by atoms with E-state index in [0.29, 0.717) is 13.0 Å². The van der Waals surface area contributed by atoms with Crippen molar-refractivity contribution in [2.24, 2.45) is 5.92 Å². The maximum absolute atomic E-state index is 12.1. The Morgan fingerprint density at radius 3 is 2.88 bits per heavy atom. The molecule has 0 bridgehead atoms. The zero-order valence-corrected chi connectivity index (χ0v) is 9.64. The zero-order chi connectivity index (χ0) is 11.9. The third-order valence-corrected chi connectivity index (χ3v) is 3.64. The normalized spacial score (nSPS) is 35.9. The van der Waals surface area contributed by atoms with Crippen molar-refractivity contribution in [3.05, 3.63) is 0 Å². The van der Waals surface area contributed by atoms with Crippen molar-refractivity contribution in [2.45, 2.75) is 44.9 Å². The second-order valence-electron chi connectivity index (χ2n) is 4.77. The molecule has 90 valence electrons. The molecule has 0 aromatic carbocycles. The standard InChI is InChI=1S/C11H18N2O3/c1-3-6(2)9-11(16)13-5-7(14)4-8(13)10(15)12-9/h6-9,14H,3-5H2,1-2H3,(H,12,15)/t6?,7-,8+,9+/m1/s1. The number of rotatable bonds is 2. The molecule has 2 saturated heterocycles. The van der Waals surface area contributed by atoms with E-state index in [-0.39, 0.29) is 17.7 Å². The molecule has 2 N–H and O–H groups in total. The average molecular weight is 226 g/mol. The van der Waals surface area contributed by atoms with Crippen molar-refractivity contribution < 1.29 is 14.7 Å². The summed E-state index contributed by atoms with van der Waals surface area (Å²) in [6.07, 6.45) is 0.651. The van der Waals surface area contributed by atoms with Crippen LogP contribution in [0.4, 0.5) is 0 Å². The maximum Gasteiger partial charge on any atom is 0.246 e. The lowest BCUT2D eigenvalue weighted by Gasteiger charge is -2.36. The van der Waals surface area contributed by atoms with Gasteiger partial charge in [0, 0.05) is 13.0 Å². The van der Waals surface area contributed by atoms with Gasteiger partial charge in [0.1, 0.15) is 12.1 Å². The second-order valence-corrected chi connectivity index (χ2v) is 4.77. The Balaban J connectivity index is 2.18. The van der Waals surface area contributed by atoms with E-state index in [1.807, 2.05) is 13.8 Å². The van der Waals surface area contributed by atoms with Crippen molar-refractivity contribution in [3.63, 3.8) is 0 Å². The van der Waals surface area contributed by atoms with Crippen LogP contribution < -0.4 is 5.32 Å². The summed E-state index contributed by atoms with van der Waals surface area (Å²) in [6.45, 7) is 4.24. The molecule has 0 radical (unpaired) electrons. The third-order valence-electron chi connectivity index (χ3n) is 3.64. The molecule has 2 heterocycles. The van der Waals surface area contributed by atoms with Crippen LogP contribution in [0.25, 0.3) is 0 Å². The number of hydrogen-bond donors (Lipinski definition) is 2. The first kappa shape index (κ1) is 11.4. The van der Waals surface area contributed by atoms with Crippen molar-refractivity contribution in [1.29, 1.82) is 0 Å². The molecule has 2 fully saturated rings. The van der Waals surface area contributed by atoms with Gasteiger partial charge in [0.25, 0.3) is 0 Å².